The van der Waals surface area contributed by atoms with Crippen molar-refractivity contribution in [2.24, 2.45) is 11.1 Å². The predicted molar refractivity (Wildman–Crippen MR) is 77.4 cm³/mol. The molecule has 3 N–H and O–H groups in total. The summed E-state index contributed by atoms with van der Waals surface area (Å²) in [5, 5.41) is 2.97. The number of hydrogen-bond donors (Lipinski definition) is 2. The van der Waals surface area contributed by atoms with E-state index in [2.05, 4.69) is 19.2 Å². The van der Waals surface area contributed by atoms with Gasteiger partial charge in [-0.05, 0) is 49.1 Å². The SMILES string of the molecule is CCC(CC)(CN)CNC(=O)c1ccc(OC)cc1. The van der Waals surface area contributed by atoms with E-state index in [0.29, 0.717) is 18.7 Å². The topological polar surface area (TPSA) is 64.3 Å². The fourth-order valence-corrected chi connectivity index (χ4v) is 1.97. The molecule has 0 aromatic heterocycles. The predicted octanol–water partition coefficient (Wildman–Crippen LogP) is 2.19. The van der Waals surface area contributed by atoms with Crippen molar-refractivity contribution in [2.45, 2.75) is 26.7 Å². The first-order valence-corrected chi connectivity index (χ1v) is 6.73. The van der Waals surface area contributed by atoms with Crippen molar-refractivity contribution >= 4 is 5.91 Å². The van der Waals surface area contributed by atoms with Gasteiger partial charge in [0.15, 0.2) is 0 Å². The highest BCUT2D eigenvalue weighted by atomic mass is 16.5. The number of benzene rings is 1. The Labute approximate surface area is 115 Å². The smallest absolute Gasteiger partial charge is 0.251 e. The first kappa shape index (κ1) is 15.5. The van der Waals surface area contributed by atoms with E-state index in [0.717, 1.165) is 18.6 Å². The molecule has 1 amide bonds. The van der Waals surface area contributed by atoms with Crippen LogP contribution in [-0.4, -0.2) is 26.1 Å². The zero-order valence-corrected chi connectivity index (χ0v) is 12.0. The number of rotatable bonds is 7. The monoisotopic (exact) mass is 264 g/mol. The average molecular weight is 264 g/mol. The van der Waals surface area contributed by atoms with E-state index in [-0.39, 0.29) is 11.3 Å². The second-order valence-corrected chi connectivity index (χ2v) is 4.82. The van der Waals surface area contributed by atoms with E-state index in [1.54, 1.807) is 31.4 Å². The molecule has 1 rings (SSSR count). The highest BCUT2D eigenvalue weighted by molar-refractivity contribution is 5.94. The number of carbonyl (C=O) groups excluding carboxylic acids is 1. The molecule has 19 heavy (non-hydrogen) atoms. The first-order valence-electron chi connectivity index (χ1n) is 6.73. The highest BCUT2D eigenvalue weighted by Gasteiger charge is 2.25. The van der Waals surface area contributed by atoms with Crippen LogP contribution in [0.5, 0.6) is 5.75 Å². The van der Waals surface area contributed by atoms with Crippen molar-refractivity contribution in [1.82, 2.24) is 5.32 Å². The maximum Gasteiger partial charge on any atom is 0.251 e. The van der Waals surface area contributed by atoms with E-state index in [9.17, 15) is 4.79 Å². The van der Waals surface area contributed by atoms with E-state index in [1.807, 2.05) is 0 Å². The van der Waals surface area contributed by atoms with Crippen LogP contribution in [0.25, 0.3) is 0 Å². The van der Waals surface area contributed by atoms with Crippen LogP contribution < -0.4 is 15.8 Å². The number of ether oxygens (including phenoxy) is 1. The summed E-state index contributed by atoms with van der Waals surface area (Å²) in [6.07, 6.45) is 1.92. The molecule has 0 fully saturated rings. The summed E-state index contributed by atoms with van der Waals surface area (Å²) in [7, 11) is 1.60. The molecule has 1 aromatic rings. The molecule has 1 aromatic carbocycles. The lowest BCUT2D eigenvalue weighted by atomic mass is 9.82. The number of nitrogens with two attached hydrogens (primary N) is 1. The Balaban J connectivity index is 2.63. The number of hydrogen-bond acceptors (Lipinski definition) is 3. The molecule has 0 saturated heterocycles. The van der Waals surface area contributed by atoms with Crippen molar-refractivity contribution in [2.75, 3.05) is 20.2 Å². The molecule has 0 aliphatic rings. The van der Waals surface area contributed by atoms with Gasteiger partial charge in [0.05, 0.1) is 7.11 Å². The van der Waals surface area contributed by atoms with Crippen LogP contribution in [0.3, 0.4) is 0 Å². The van der Waals surface area contributed by atoms with Crippen LogP contribution in [0.2, 0.25) is 0 Å². The third-order valence-corrected chi connectivity index (χ3v) is 3.91. The average Bonchev–Trinajstić information content (AvgIpc) is 2.49. The lowest BCUT2D eigenvalue weighted by molar-refractivity contribution is 0.0928. The first-order chi connectivity index (χ1) is 9.10. The van der Waals surface area contributed by atoms with Crippen molar-refractivity contribution in [3.8, 4) is 5.75 Å². The number of carbonyl (C=O) groups is 1. The van der Waals surface area contributed by atoms with Crippen LogP contribution in [0.15, 0.2) is 24.3 Å². The number of amides is 1. The number of nitrogens with one attached hydrogen (secondary N) is 1. The molecule has 0 bridgehead atoms. The van der Waals surface area contributed by atoms with Crippen molar-refractivity contribution < 1.29 is 9.53 Å². The Kier molecular flexibility index (Phi) is 5.83. The molecule has 0 aliphatic carbocycles. The minimum Gasteiger partial charge on any atom is -0.497 e. The molecular weight excluding hydrogens is 240 g/mol. The number of methoxy groups -OCH3 is 1. The zero-order chi connectivity index (χ0) is 14.3. The van der Waals surface area contributed by atoms with Gasteiger partial charge in [-0.1, -0.05) is 13.8 Å². The standard InChI is InChI=1S/C15H24N2O2/c1-4-15(5-2,10-16)11-17-14(18)12-6-8-13(19-3)9-7-12/h6-9H,4-5,10-11,16H2,1-3H3,(H,17,18). The summed E-state index contributed by atoms with van der Waals surface area (Å²) in [4.78, 5) is 12.0. The summed E-state index contributed by atoms with van der Waals surface area (Å²) in [5.74, 6) is 0.678. The van der Waals surface area contributed by atoms with Crippen LogP contribution in [0.4, 0.5) is 0 Å². The van der Waals surface area contributed by atoms with Gasteiger partial charge in [-0.3, -0.25) is 4.79 Å². The maximum absolute atomic E-state index is 12.0. The van der Waals surface area contributed by atoms with Gasteiger partial charge < -0.3 is 15.8 Å². The quantitative estimate of drug-likeness (QED) is 0.793. The molecule has 0 saturated carbocycles. The molecule has 0 atom stereocenters. The van der Waals surface area contributed by atoms with Gasteiger partial charge in [-0.2, -0.15) is 0 Å². The molecule has 0 heterocycles. The van der Waals surface area contributed by atoms with Crippen LogP contribution in [0, 0.1) is 5.41 Å². The summed E-state index contributed by atoms with van der Waals surface area (Å²) >= 11 is 0. The van der Waals surface area contributed by atoms with Gasteiger partial charge in [-0.25, -0.2) is 0 Å². The van der Waals surface area contributed by atoms with Crippen molar-refractivity contribution in [3.05, 3.63) is 29.8 Å². The van der Waals surface area contributed by atoms with Gasteiger partial charge in [0.1, 0.15) is 5.75 Å². The summed E-state index contributed by atoms with van der Waals surface area (Å²) in [5.41, 5.74) is 6.46. The van der Waals surface area contributed by atoms with Gasteiger partial charge in [-0.15, -0.1) is 0 Å². The second kappa shape index (κ2) is 7.14. The van der Waals surface area contributed by atoms with E-state index < -0.39 is 0 Å². The molecule has 4 nitrogen and oxygen atoms in total. The molecule has 4 heteroatoms. The van der Waals surface area contributed by atoms with Crippen LogP contribution in [0.1, 0.15) is 37.0 Å². The van der Waals surface area contributed by atoms with Crippen LogP contribution >= 0.6 is 0 Å². The summed E-state index contributed by atoms with van der Waals surface area (Å²) in [6.45, 7) is 5.41. The second-order valence-electron chi connectivity index (χ2n) is 4.82. The Morgan fingerprint density at radius 2 is 1.84 bits per heavy atom. The lowest BCUT2D eigenvalue weighted by Gasteiger charge is -2.30. The summed E-state index contributed by atoms with van der Waals surface area (Å²) in [6, 6.07) is 7.09. The van der Waals surface area contributed by atoms with Gasteiger partial charge in [0.2, 0.25) is 0 Å². The Morgan fingerprint density at radius 3 is 2.26 bits per heavy atom. The molecular formula is C15H24N2O2. The van der Waals surface area contributed by atoms with Crippen molar-refractivity contribution in [1.29, 1.82) is 0 Å². The van der Waals surface area contributed by atoms with Gasteiger partial charge in [0.25, 0.3) is 5.91 Å². The third kappa shape index (κ3) is 3.96. The molecule has 0 spiro atoms. The minimum absolute atomic E-state index is 0.00211. The molecule has 0 radical (unpaired) electrons. The maximum atomic E-state index is 12.0. The zero-order valence-electron chi connectivity index (χ0n) is 12.0. The van der Waals surface area contributed by atoms with Crippen LogP contribution in [-0.2, 0) is 0 Å². The minimum atomic E-state index is -0.0672. The highest BCUT2D eigenvalue weighted by Crippen LogP contribution is 2.23. The third-order valence-electron chi connectivity index (χ3n) is 3.91. The Morgan fingerprint density at radius 1 is 1.26 bits per heavy atom. The van der Waals surface area contributed by atoms with Crippen molar-refractivity contribution in [3.63, 3.8) is 0 Å². The van der Waals surface area contributed by atoms with E-state index in [1.165, 1.54) is 0 Å². The normalized spacial score (nSPS) is 11.2. The van der Waals surface area contributed by atoms with E-state index in [4.69, 9.17) is 10.5 Å². The summed E-state index contributed by atoms with van der Waals surface area (Å²) < 4.78 is 5.07. The van der Waals surface area contributed by atoms with Gasteiger partial charge in [0, 0.05) is 12.1 Å². The Bertz CT molecular complexity index is 389. The molecule has 0 unspecified atom stereocenters. The Hall–Kier alpha value is -1.55. The molecule has 0 aliphatic heterocycles. The lowest BCUT2D eigenvalue weighted by Crippen LogP contribution is -2.41. The largest absolute Gasteiger partial charge is 0.497 e. The van der Waals surface area contributed by atoms with E-state index >= 15 is 0 Å². The molecule has 106 valence electrons. The fourth-order valence-electron chi connectivity index (χ4n) is 1.97. The fraction of sp³-hybridized carbons (Fsp3) is 0.533. The van der Waals surface area contributed by atoms with Gasteiger partial charge >= 0.3 is 0 Å².